The number of rotatable bonds is 2. The predicted molar refractivity (Wildman–Crippen MR) is 89.0 cm³/mol. The molecule has 2 aliphatic heterocycles. The third kappa shape index (κ3) is 2.48. The van der Waals surface area contributed by atoms with Crippen molar-refractivity contribution in [3.8, 4) is 11.3 Å². The number of aromatic nitrogens is 2. The van der Waals surface area contributed by atoms with Crippen LogP contribution in [0.3, 0.4) is 0 Å². The summed E-state index contributed by atoms with van der Waals surface area (Å²) in [7, 11) is 0. The summed E-state index contributed by atoms with van der Waals surface area (Å²) in [5.74, 6) is 2.57. The van der Waals surface area contributed by atoms with Crippen LogP contribution in [0.5, 0.6) is 0 Å². The molecular weight excluding hydrogens is 272 g/mol. The first-order chi connectivity index (χ1) is 10.7. The zero-order chi connectivity index (χ0) is 15.1. The lowest BCUT2D eigenvalue weighted by Gasteiger charge is -2.18. The number of benzene rings is 1. The molecule has 0 aliphatic carbocycles. The smallest absolute Gasteiger partial charge is 0.151 e. The minimum Gasteiger partial charge on any atom is -0.354 e. The van der Waals surface area contributed by atoms with Gasteiger partial charge in [0.15, 0.2) is 5.82 Å². The van der Waals surface area contributed by atoms with E-state index < -0.39 is 0 Å². The lowest BCUT2D eigenvalue weighted by atomic mass is 10.0. The fourth-order valence-electron chi connectivity index (χ4n) is 3.81. The molecule has 22 heavy (non-hydrogen) atoms. The lowest BCUT2D eigenvalue weighted by molar-refractivity contribution is 0.533. The minimum absolute atomic E-state index is 0.779. The van der Waals surface area contributed by atoms with Crippen LogP contribution in [-0.2, 0) is 0 Å². The Morgan fingerprint density at radius 2 is 1.64 bits per heavy atom. The van der Waals surface area contributed by atoms with Gasteiger partial charge in [-0.15, -0.1) is 10.2 Å². The van der Waals surface area contributed by atoms with Gasteiger partial charge in [0.05, 0.1) is 5.69 Å². The highest BCUT2D eigenvalue weighted by Crippen LogP contribution is 2.30. The van der Waals surface area contributed by atoms with E-state index >= 15 is 0 Å². The van der Waals surface area contributed by atoms with Gasteiger partial charge in [-0.25, -0.2) is 0 Å². The van der Waals surface area contributed by atoms with E-state index in [4.69, 9.17) is 0 Å². The quantitative estimate of drug-likeness (QED) is 0.923. The Hall–Kier alpha value is -1.94. The van der Waals surface area contributed by atoms with Gasteiger partial charge in [-0.3, -0.25) is 0 Å². The third-order valence-electron chi connectivity index (χ3n) is 4.88. The van der Waals surface area contributed by atoms with Crippen LogP contribution >= 0.6 is 0 Å². The van der Waals surface area contributed by atoms with Crippen molar-refractivity contribution in [3.05, 3.63) is 41.5 Å². The first-order valence-electron chi connectivity index (χ1n) is 8.07. The van der Waals surface area contributed by atoms with Crippen molar-refractivity contribution in [1.82, 2.24) is 15.5 Å². The van der Waals surface area contributed by atoms with Crippen LogP contribution in [0.4, 0.5) is 5.82 Å². The SMILES string of the molecule is Cc1cc(C)cc(-c2ccc(N3CC4CNCC4C3)nn2)c1. The average molecular weight is 294 g/mol. The largest absolute Gasteiger partial charge is 0.354 e. The second kappa shape index (κ2) is 5.36. The summed E-state index contributed by atoms with van der Waals surface area (Å²) < 4.78 is 0. The van der Waals surface area contributed by atoms with Crippen LogP contribution in [0.1, 0.15) is 11.1 Å². The number of nitrogens with zero attached hydrogens (tertiary/aromatic N) is 3. The van der Waals surface area contributed by atoms with E-state index in [1.54, 1.807) is 0 Å². The number of hydrogen-bond acceptors (Lipinski definition) is 4. The van der Waals surface area contributed by atoms with Crippen molar-refractivity contribution in [3.63, 3.8) is 0 Å². The molecule has 1 N–H and O–H groups in total. The molecule has 1 aromatic carbocycles. The van der Waals surface area contributed by atoms with E-state index in [0.717, 1.165) is 55.1 Å². The van der Waals surface area contributed by atoms with Crippen LogP contribution in [-0.4, -0.2) is 36.4 Å². The van der Waals surface area contributed by atoms with E-state index in [9.17, 15) is 0 Å². The molecule has 4 rings (SSSR count). The van der Waals surface area contributed by atoms with Gasteiger partial charge < -0.3 is 10.2 Å². The van der Waals surface area contributed by atoms with Gasteiger partial charge in [0.1, 0.15) is 0 Å². The summed E-state index contributed by atoms with van der Waals surface area (Å²) in [6, 6.07) is 10.7. The average Bonchev–Trinajstić information content (AvgIpc) is 3.07. The number of aryl methyl sites for hydroxylation is 2. The highest BCUT2D eigenvalue weighted by atomic mass is 15.3. The molecule has 114 valence electrons. The number of fused-ring (bicyclic) bond motifs is 1. The van der Waals surface area contributed by atoms with Crippen molar-refractivity contribution < 1.29 is 0 Å². The molecule has 2 atom stereocenters. The first kappa shape index (κ1) is 13.7. The molecule has 2 saturated heterocycles. The van der Waals surface area contributed by atoms with Crippen LogP contribution in [0, 0.1) is 25.7 Å². The van der Waals surface area contributed by atoms with Crippen LogP contribution < -0.4 is 10.2 Å². The Labute approximate surface area is 131 Å². The maximum absolute atomic E-state index is 4.48. The van der Waals surface area contributed by atoms with Crippen LogP contribution in [0.25, 0.3) is 11.3 Å². The maximum Gasteiger partial charge on any atom is 0.151 e. The van der Waals surface area contributed by atoms with Gasteiger partial charge in [0.2, 0.25) is 0 Å². The normalized spacial score (nSPS) is 23.8. The van der Waals surface area contributed by atoms with Crippen LogP contribution in [0.15, 0.2) is 30.3 Å². The molecule has 1 aromatic heterocycles. The molecule has 4 heteroatoms. The standard InChI is InChI=1S/C18H22N4/c1-12-5-13(2)7-14(6-12)17-3-4-18(21-20-17)22-10-15-8-19-9-16(15)11-22/h3-7,15-16,19H,8-11H2,1-2H3. The van der Waals surface area contributed by atoms with E-state index in [2.05, 4.69) is 64.6 Å². The number of anilines is 1. The Morgan fingerprint density at radius 1 is 0.955 bits per heavy atom. The lowest BCUT2D eigenvalue weighted by Crippen LogP contribution is -2.26. The number of nitrogens with one attached hydrogen (secondary N) is 1. The Bertz CT molecular complexity index is 648. The molecule has 0 bridgehead atoms. The Morgan fingerprint density at radius 3 is 2.23 bits per heavy atom. The van der Waals surface area contributed by atoms with E-state index in [-0.39, 0.29) is 0 Å². The van der Waals surface area contributed by atoms with Gasteiger partial charge in [-0.1, -0.05) is 17.2 Å². The van der Waals surface area contributed by atoms with Gasteiger partial charge in [-0.05, 0) is 49.9 Å². The Balaban J connectivity index is 1.56. The second-order valence-electron chi connectivity index (χ2n) is 6.74. The molecule has 0 amide bonds. The molecule has 0 saturated carbocycles. The van der Waals surface area contributed by atoms with E-state index in [0.29, 0.717) is 0 Å². The van der Waals surface area contributed by atoms with Crippen LogP contribution in [0.2, 0.25) is 0 Å². The van der Waals surface area contributed by atoms with Gasteiger partial charge in [0.25, 0.3) is 0 Å². The predicted octanol–water partition coefficient (Wildman–Crippen LogP) is 2.42. The molecule has 0 radical (unpaired) electrons. The summed E-state index contributed by atoms with van der Waals surface area (Å²) in [6.07, 6.45) is 0. The molecule has 2 fully saturated rings. The van der Waals surface area contributed by atoms with Crippen molar-refractivity contribution in [2.24, 2.45) is 11.8 Å². The molecule has 3 heterocycles. The fourth-order valence-corrected chi connectivity index (χ4v) is 3.81. The summed E-state index contributed by atoms with van der Waals surface area (Å²) in [5.41, 5.74) is 4.64. The van der Waals surface area contributed by atoms with Crippen molar-refractivity contribution in [2.75, 3.05) is 31.1 Å². The molecular formula is C18H22N4. The molecule has 4 nitrogen and oxygen atoms in total. The summed E-state index contributed by atoms with van der Waals surface area (Å²) in [5, 5.41) is 12.4. The zero-order valence-electron chi connectivity index (χ0n) is 13.2. The topological polar surface area (TPSA) is 41.0 Å². The summed E-state index contributed by atoms with van der Waals surface area (Å²) in [6.45, 7) is 8.75. The van der Waals surface area contributed by atoms with Crippen molar-refractivity contribution in [1.29, 1.82) is 0 Å². The van der Waals surface area contributed by atoms with Crippen molar-refractivity contribution >= 4 is 5.82 Å². The molecule has 0 spiro atoms. The maximum atomic E-state index is 4.48. The summed E-state index contributed by atoms with van der Waals surface area (Å²) >= 11 is 0. The first-order valence-corrected chi connectivity index (χ1v) is 8.07. The highest BCUT2D eigenvalue weighted by Gasteiger charge is 2.36. The third-order valence-corrected chi connectivity index (χ3v) is 4.88. The number of hydrogen-bond donors (Lipinski definition) is 1. The minimum atomic E-state index is 0.779. The molecule has 2 unspecified atom stereocenters. The van der Waals surface area contributed by atoms with Crippen molar-refractivity contribution in [2.45, 2.75) is 13.8 Å². The molecule has 2 aromatic rings. The fraction of sp³-hybridized carbons (Fsp3) is 0.444. The highest BCUT2D eigenvalue weighted by molar-refractivity contribution is 5.61. The van der Waals surface area contributed by atoms with Gasteiger partial charge >= 0.3 is 0 Å². The monoisotopic (exact) mass is 294 g/mol. The van der Waals surface area contributed by atoms with E-state index in [1.165, 1.54) is 11.1 Å². The summed E-state index contributed by atoms with van der Waals surface area (Å²) in [4.78, 5) is 2.38. The zero-order valence-corrected chi connectivity index (χ0v) is 13.2. The molecule has 2 aliphatic rings. The second-order valence-corrected chi connectivity index (χ2v) is 6.74. The van der Waals surface area contributed by atoms with Gasteiger partial charge in [-0.2, -0.15) is 0 Å². The Kier molecular flexibility index (Phi) is 3.34. The van der Waals surface area contributed by atoms with Gasteiger partial charge in [0, 0.05) is 31.7 Å². The van der Waals surface area contributed by atoms with E-state index in [1.807, 2.05) is 0 Å².